The van der Waals surface area contributed by atoms with Gasteiger partial charge in [0.15, 0.2) is 0 Å². The Hall–Kier alpha value is -0.720. The van der Waals surface area contributed by atoms with E-state index in [1.807, 2.05) is 0 Å². The SMILES string of the molecule is O=[N+]([O-])C1NC[C@H]1N1CCOCC1. The first-order valence-corrected chi connectivity index (χ1v) is 4.48. The molecule has 0 aromatic carbocycles. The Morgan fingerprint density at radius 2 is 2.15 bits per heavy atom. The molecule has 0 aliphatic carbocycles. The average Bonchev–Trinajstić information content (AvgIpc) is 2.02. The van der Waals surface area contributed by atoms with Crippen molar-refractivity contribution in [3.63, 3.8) is 0 Å². The lowest BCUT2D eigenvalue weighted by Gasteiger charge is -2.41. The fourth-order valence-corrected chi connectivity index (χ4v) is 1.78. The van der Waals surface area contributed by atoms with Crippen LogP contribution in [0.4, 0.5) is 0 Å². The van der Waals surface area contributed by atoms with Gasteiger partial charge in [0.1, 0.15) is 6.04 Å². The molecular weight excluding hydrogens is 174 g/mol. The van der Waals surface area contributed by atoms with Gasteiger partial charge in [-0.25, -0.2) is 0 Å². The van der Waals surface area contributed by atoms with Gasteiger partial charge in [-0.1, -0.05) is 0 Å². The number of nitro groups is 1. The first-order valence-electron chi connectivity index (χ1n) is 4.48. The van der Waals surface area contributed by atoms with Crippen LogP contribution in [-0.4, -0.2) is 54.9 Å². The molecule has 0 aromatic heterocycles. The maximum absolute atomic E-state index is 10.5. The molecule has 13 heavy (non-hydrogen) atoms. The van der Waals surface area contributed by atoms with Crippen molar-refractivity contribution in [2.24, 2.45) is 0 Å². The molecule has 2 saturated heterocycles. The van der Waals surface area contributed by atoms with Gasteiger partial charge in [0, 0.05) is 24.6 Å². The van der Waals surface area contributed by atoms with Gasteiger partial charge in [-0.15, -0.1) is 0 Å². The zero-order chi connectivity index (χ0) is 9.26. The Bertz CT molecular complexity index is 205. The van der Waals surface area contributed by atoms with E-state index in [1.54, 1.807) is 0 Å². The fourth-order valence-electron chi connectivity index (χ4n) is 1.78. The Morgan fingerprint density at radius 3 is 2.62 bits per heavy atom. The summed E-state index contributed by atoms with van der Waals surface area (Å²) in [6.45, 7) is 3.75. The van der Waals surface area contributed by atoms with Crippen molar-refractivity contribution in [2.75, 3.05) is 32.8 Å². The molecule has 0 radical (unpaired) electrons. The predicted octanol–water partition coefficient (Wildman–Crippen LogP) is -1.11. The molecule has 2 aliphatic rings. The van der Waals surface area contributed by atoms with E-state index in [1.165, 1.54) is 0 Å². The number of ether oxygens (including phenoxy) is 1. The van der Waals surface area contributed by atoms with Gasteiger partial charge in [0.05, 0.1) is 13.2 Å². The van der Waals surface area contributed by atoms with Crippen LogP contribution in [-0.2, 0) is 4.74 Å². The molecular formula is C7H13N3O3. The van der Waals surface area contributed by atoms with Crippen molar-refractivity contribution >= 4 is 0 Å². The molecule has 1 N–H and O–H groups in total. The van der Waals surface area contributed by atoms with Crippen LogP contribution in [0.1, 0.15) is 0 Å². The number of nitrogens with zero attached hydrogens (tertiary/aromatic N) is 2. The van der Waals surface area contributed by atoms with E-state index in [0.29, 0.717) is 13.2 Å². The minimum absolute atomic E-state index is 0.0684. The van der Waals surface area contributed by atoms with Crippen molar-refractivity contribution in [1.82, 2.24) is 10.2 Å². The van der Waals surface area contributed by atoms with Gasteiger partial charge in [0.2, 0.25) is 0 Å². The molecule has 2 fully saturated rings. The van der Waals surface area contributed by atoms with E-state index in [9.17, 15) is 10.1 Å². The molecule has 0 saturated carbocycles. The minimum Gasteiger partial charge on any atom is -0.379 e. The van der Waals surface area contributed by atoms with Crippen LogP contribution < -0.4 is 5.32 Å². The summed E-state index contributed by atoms with van der Waals surface area (Å²) in [5.74, 6) is 0. The summed E-state index contributed by atoms with van der Waals surface area (Å²) < 4.78 is 5.18. The highest BCUT2D eigenvalue weighted by atomic mass is 16.6. The van der Waals surface area contributed by atoms with Crippen LogP contribution in [0.25, 0.3) is 0 Å². The van der Waals surface area contributed by atoms with E-state index in [-0.39, 0.29) is 11.0 Å². The van der Waals surface area contributed by atoms with E-state index in [2.05, 4.69) is 10.2 Å². The molecule has 0 aromatic rings. The molecule has 0 amide bonds. The first-order chi connectivity index (χ1) is 6.29. The molecule has 1 unspecified atom stereocenters. The summed E-state index contributed by atoms with van der Waals surface area (Å²) in [7, 11) is 0. The van der Waals surface area contributed by atoms with Gasteiger partial charge in [-0.2, -0.15) is 0 Å². The molecule has 74 valence electrons. The standard InChI is InChI=1S/C7H13N3O3/c11-10(12)7-6(5-8-7)9-1-3-13-4-2-9/h6-8H,1-5H2/t6-,7?/m1/s1. The Morgan fingerprint density at radius 1 is 1.46 bits per heavy atom. The highest BCUT2D eigenvalue weighted by Crippen LogP contribution is 2.14. The summed E-state index contributed by atoms with van der Waals surface area (Å²) in [6.07, 6.45) is -0.571. The zero-order valence-corrected chi connectivity index (χ0v) is 7.31. The lowest BCUT2D eigenvalue weighted by Crippen LogP contribution is -2.69. The molecule has 2 aliphatic heterocycles. The third-order valence-electron chi connectivity index (χ3n) is 2.64. The van der Waals surface area contributed by atoms with Crippen molar-refractivity contribution in [2.45, 2.75) is 12.2 Å². The van der Waals surface area contributed by atoms with E-state index >= 15 is 0 Å². The average molecular weight is 187 g/mol. The zero-order valence-electron chi connectivity index (χ0n) is 7.31. The summed E-state index contributed by atoms with van der Waals surface area (Å²) >= 11 is 0. The molecule has 0 spiro atoms. The van der Waals surface area contributed by atoms with Crippen molar-refractivity contribution < 1.29 is 9.66 Å². The number of rotatable bonds is 2. The first kappa shape index (κ1) is 8.86. The third kappa shape index (κ3) is 1.65. The second-order valence-electron chi connectivity index (χ2n) is 3.35. The molecule has 6 heteroatoms. The summed E-state index contributed by atoms with van der Waals surface area (Å²) in [5, 5.41) is 13.3. The Labute approximate surface area is 76.0 Å². The highest BCUT2D eigenvalue weighted by Gasteiger charge is 2.44. The monoisotopic (exact) mass is 187 g/mol. The van der Waals surface area contributed by atoms with Crippen LogP contribution in [0.2, 0.25) is 0 Å². The normalized spacial score (nSPS) is 35.4. The van der Waals surface area contributed by atoms with E-state index < -0.39 is 6.17 Å². The molecule has 2 rings (SSSR count). The lowest BCUT2D eigenvalue weighted by atomic mass is 10.1. The summed E-state index contributed by atoms with van der Waals surface area (Å²) in [4.78, 5) is 12.4. The second kappa shape index (κ2) is 3.57. The number of nitrogens with one attached hydrogen (secondary N) is 1. The van der Waals surface area contributed by atoms with E-state index in [4.69, 9.17) is 4.74 Å². The van der Waals surface area contributed by atoms with Gasteiger partial charge in [-0.3, -0.25) is 20.3 Å². The van der Waals surface area contributed by atoms with Crippen LogP contribution >= 0.6 is 0 Å². The molecule has 6 nitrogen and oxygen atoms in total. The maximum atomic E-state index is 10.5. The van der Waals surface area contributed by atoms with Crippen molar-refractivity contribution in [1.29, 1.82) is 0 Å². The van der Waals surface area contributed by atoms with Gasteiger partial charge in [-0.05, 0) is 0 Å². The van der Waals surface area contributed by atoms with Crippen LogP contribution in [0.5, 0.6) is 0 Å². The third-order valence-corrected chi connectivity index (χ3v) is 2.64. The molecule has 0 bridgehead atoms. The van der Waals surface area contributed by atoms with Crippen LogP contribution in [0.3, 0.4) is 0 Å². The number of hydrogen-bond donors (Lipinski definition) is 1. The van der Waals surface area contributed by atoms with Crippen LogP contribution in [0, 0.1) is 10.1 Å². The molecule has 2 atom stereocenters. The summed E-state index contributed by atoms with van der Waals surface area (Å²) in [6, 6.07) is 0.0684. The Kier molecular flexibility index (Phi) is 2.43. The Balaban J connectivity index is 1.89. The van der Waals surface area contributed by atoms with Crippen molar-refractivity contribution in [3.05, 3.63) is 10.1 Å². The summed E-state index contributed by atoms with van der Waals surface area (Å²) in [5.41, 5.74) is 0. The smallest absolute Gasteiger partial charge is 0.282 e. The minimum atomic E-state index is -0.571. The highest BCUT2D eigenvalue weighted by molar-refractivity contribution is 4.89. The topological polar surface area (TPSA) is 67.6 Å². The number of hydrogen-bond acceptors (Lipinski definition) is 5. The van der Waals surface area contributed by atoms with Gasteiger partial charge in [0.25, 0.3) is 6.17 Å². The van der Waals surface area contributed by atoms with Gasteiger partial charge < -0.3 is 4.74 Å². The fraction of sp³-hybridized carbons (Fsp3) is 1.00. The lowest BCUT2D eigenvalue weighted by molar-refractivity contribution is -0.551. The maximum Gasteiger partial charge on any atom is 0.282 e. The quantitative estimate of drug-likeness (QED) is 0.438. The largest absolute Gasteiger partial charge is 0.379 e. The second-order valence-corrected chi connectivity index (χ2v) is 3.35. The van der Waals surface area contributed by atoms with Crippen molar-refractivity contribution in [3.8, 4) is 0 Å². The predicted molar refractivity (Wildman–Crippen MR) is 45.0 cm³/mol. The van der Waals surface area contributed by atoms with Gasteiger partial charge >= 0.3 is 0 Å². The van der Waals surface area contributed by atoms with Crippen LogP contribution in [0.15, 0.2) is 0 Å². The molecule has 2 heterocycles. The van der Waals surface area contributed by atoms with E-state index in [0.717, 1.165) is 19.6 Å². The number of morpholine rings is 1.